The first-order valence-corrected chi connectivity index (χ1v) is 9.83. The van der Waals surface area contributed by atoms with E-state index in [1.165, 1.54) is 12.1 Å². The van der Waals surface area contributed by atoms with Gasteiger partial charge in [0, 0.05) is 23.3 Å². The smallest absolute Gasteiger partial charge is 0.252 e. The number of aromatic nitrogens is 2. The lowest BCUT2D eigenvalue weighted by Gasteiger charge is -2.10. The summed E-state index contributed by atoms with van der Waals surface area (Å²) < 4.78 is 26.8. The first-order chi connectivity index (χ1) is 15.1. The van der Waals surface area contributed by atoms with Gasteiger partial charge < -0.3 is 14.5 Å². The fraction of sp³-hybridized carbons (Fsp3) is 0.0800. The van der Waals surface area contributed by atoms with Gasteiger partial charge >= 0.3 is 0 Å². The highest BCUT2D eigenvalue weighted by atomic mass is 19.1. The van der Waals surface area contributed by atoms with E-state index < -0.39 is 0 Å². The molecule has 0 atom stereocenters. The van der Waals surface area contributed by atoms with Crippen molar-refractivity contribution >= 4 is 21.7 Å². The van der Waals surface area contributed by atoms with Gasteiger partial charge in [-0.2, -0.15) is 0 Å². The molecule has 0 amide bonds. The van der Waals surface area contributed by atoms with E-state index in [9.17, 15) is 4.39 Å². The maximum absolute atomic E-state index is 14.3. The Morgan fingerprint density at radius 3 is 2.48 bits per heavy atom. The van der Waals surface area contributed by atoms with Crippen LogP contribution in [-0.2, 0) is 0 Å². The van der Waals surface area contributed by atoms with Crippen molar-refractivity contribution in [3.8, 4) is 34.0 Å². The maximum atomic E-state index is 14.3. The minimum atomic E-state index is -0.322. The molecule has 2 heterocycles. The molecule has 0 bridgehead atoms. The summed E-state index contributed by atoms with van der Waals surface area (Å²) in [4.78, 5) is 3.28. The van der Waals surface area contributed by atoms with E-state index in [1.54, 1.807) is 25.0 Å². The van der Waals surface area contributed by atoms with Gasteiger partial charge in [0.1, 0.15) is 17.3 Å². The maximum Gasteiger partial charge on any atom is 0.252 e. The Kier molecular flexibility index (Phi) is 4.47. The zero-order valence-electron chi connectivity index (χ0n) is 17.1. The van der Waals surface area contributed by atoms with Crippen molar-refractivity contribution in [1.82, 2.24) is 4.98 Å². The van der Waals surface area contributed by atoms with Gasteiger partial charge in [0.2, 0.25) is 5.69 Å². The molecule has 0 saturated heterocycles. The van der Waals surface area contributed by atoms with Crippen molar-refractivity contribution in [2.75, 3.05) is 20.1 Å². The van der Waals surface area contributed by atoms with Crippen LogP contribution >= 0.6 is 0 Å². The summed E-state index contributed by atoms with van der Waals surface area (Å²) >= 11 is 0. The highest BCUT2D eigenvalue weighted by Gasteiger charge is 2.26. The van der Waals surface area contributed by atoms with Crippen LogP contribution in [0.2, 0.25) is 0 Å². The van der Waals surface area contributed by atoms with E-state index in [1.807, 2.05) is 54.7 Å². The summed E-state index contributed by atoms with van der Waals surface area (Å²) in [6.07, 6.45) is 1.88. The van der Waals surface area contributed by atoms with Crippen molar-refractivity contribution in [3.63, 3.8) is 0 Å². The van der Waals surface area contributed by atoms with Gasteiger partial charge in [0.15, 0.2) is 0 Å². The standard InChI is InChI=1S/C25H20FN3O2/c1-30-18-10-7-15(8-11-18)22-12-16-6-9-17(26)13-19(16)25(29(22)27)20-14-28-21-4-3-5-23(31-2)24(20)21/h3-14H,27H2,1-2H3/p+1. The van der Waals surface area contributed by atoms with Gasteiger partial charge in [-0.1, -0.05) is 16.8 Å². The first-order valence-electron chi connectivity index (χ1n) is 9.83. The number of nitrogens with zero attached hydrogens (tertiary/aromatic N) is 1. The zero-order valence-corrected chi connectivity index (χ0v) is 17.1. The monoisotopic (exact) mass is 414 g/mol. The number of fused-ring (bicyclic) bond motifs is 2. The summed E-state index contributed by atoms with van der Waals surface area (Å²) in [5.41, 5.74) is 4.15. The lowest BCUT2D eigenvalue weighted by molar-refractivity contribution is -0.614. The molecule has 3 N–H and O–H groups in total. The Hall–Kier alpha value is -4.06. The molecule has 3 aromatic carbocycles. The van der Waals surface area contributed by atoms with E-state index in [4.69, 9.17) is 15.3 Å². The van der Waals surface area contributed by atoms with Crippen LogP contribution in [0.15, 0.2) is 72.9 Å². The lowest BCUT2D eigenvalue weighted by atomic mass is 9.99. The van der Waals surface area contributed by atoms with E-state index in [-0.39, 0.29) is 5.82 Å². The third-order valence-corrected chi connectivity index (χ3v) is 5.59. The van der Waals surface area contributed by atoms with Crippen LogP contribution in [0.5, 0.6) is 11.5 Å². The predicted molar refractivity (Wildman–Crippen MR) is 120 cm³/mol. The summed E-state index contributed by atoms with van der Waals surface area (Å²) in [5, 5.41) is 2.49. The second-order valence-corrected chi connectivity index (χ2v) is 7.29. The lowest BCUT2D eigenvalue weighted by Crippen LogP contribution is -2.48. The van der Waals surface area contributed by atoms with Crippen molar-refractivity contribution in [1.29, 1.82) is 0 Å². The topological polar surface area (TPSA) is 64.2 Å². The number of rotatable bonds is 4. The Bertz CT molecular complexity index is 1420. The number of nitrogen functional groups attached to an aromatic ring is 1. The normalized spacial score (nSPS) is 11.2. The first kappa shape index (κ1) is 18.9. The molecule has 0 fully saturated rings. The van der Waals surface area contributed by atoms with E-state index in [0.717, 1.165) is 38.9 Å². The van der Waals surface area contributed by atoms with E-state index >= 15 is 0 Å². The minimum absolute atomic E-state index is 0.322. The van der Waals surface area contributed by atoms with Gasteiger partial charge in [0.25, 0.3) is 5.69 Å². The fourth-order valence-electron chi connectivity index (χ4n) is 4.09. The van der Waals surface area contributed by atoms with E-state index in [2.05, 4.69) is 4.98 Å². The Morgan fingerprint density at radius 2 is 1.74 bits per heavy atom. The molecular formula is C25H21FN3O2+. The highest BCUT2D eigenvalue weighted by Crippen LogP contribution is 2.38. The number of hydrogen-bond acceptors (Lipinski definition) is 3. The SMILES string of the molecule is COc1ccc(-c2cc3ccc(F)cc3c(-c3c[nH]c4cccc(OC)c34)[n+]2N)cc1. The molecule has 2 aromatic heterocycles. The molecule has 6 heteroatoms. The third-order valence-electron chi connectivity index (χ3n) is 5.59. The number of hydrogen-bond donors (Lipinski definition) is 2. The number of halogens is 1. The molecular weight excluding hydrogens is 393 g/mol. The molecule has 154 valence electrons. The second kappa shape index (κ2) is 7.32. The molecule has 0 aliphatic heterocycles. The number of ether oxygens (including phenoxy) is 2. The van der Waals surface area contributed by atoms with Gasteiger partial charge in [-0.25, -0.2) is 10.2 Å². The molecule has 0 aliphatic rings. The number of benzene rings is 3. The number of H-pyrrole nitrogens is 1. The molecule has 0 radical (unpaired) electrons. The summed E-state index contributed by atoms with van der Waals surface area (Å²) in [6.45, 7) is 0. The third kappa shape index (κ3) is 3.04. The molecule has 0 spiro atoms. The molecule has 0 unspecified atom stereocenters. The number of nitrogens with two attached hydrogens (primary N) is 1. The van der Waals surface area contributed by atoms with Crippen molar-refractivity contribution in [2.45, 2.75) is 0 Å². The van der Waals surface area contributed by atoms with Crippen LogP contribution < -0.4 is 20.0 Å². The number of pyridine rings is 1. The minimum Gasteiger partial charge on any atom is -0.497 e. The number of aromatic amines is 1. The van der Waals surface area contributed by atoms with E-state index in [0.29, 0.717) is 16.8 Å². The van der Waals surface area contributed by atoms with Gasteiger partial charge in [-0.15, -0.1) is 0 Å². The summed E-state index contributed by atoms with van der Waals surface area (Å²) in [5.74, 6) is 7.84. The van der Waals surface area contributed by atoms with Crippen LogP contribution in [0.3, 0.4) is 0 Å². The van der Waals surface area contributed by atoms with Crippen LogP contribution in [0.4, 0.5) is 4.39 Å². The molecule has 5 nitrogen and oxygen atoms in total. The number of nitrogens with one attached hydrogen (secondary N) is 1. The van der Waals surface area contributed by atoms with Crippen LogP contribution in [-0.4, -0.2) is 19.2 Å². The second-order valence-electron chi connectivity index (χ2n) is 7.29. The Morgan fingerprint density at radius 1 is 0.935 bits per heavy atom. The Balaban J connectivity index is 1.87. The zero-order chi connectivity index (χ0) is 21.5. The van der Waals surface area contributed by atoms with Gasteiger partial charge in [-0.05, 0) is 53.9 Å². The Labute approximate surface area is 178 Å². The van der Waals surface area contributed by atoms with Crippen molar-refractivity contribution in [2.24, 2.45) is 0 Å². The predicted octanol–water partition coefficient (Wildman–Crippen LogP) is 4.81. The van der Waals surface area contributed by atoms with Crippen molar-refractivity contribution < 1.29 is 18.5 Å². The average Bonchev–Trinajstić information content (AvgIpc) is 3.23. The average molecular weight is 414 g/mol. The highest BCUT2D eigenvalue weighted by molar-refractivity contribution is 6.05. The fourth-order valence-corrected chi connectivity index (χ4v) is 4.09. The quantitative estimate of drug-likeness (QED) is 0.328. The van der Waals surface area contributed by atoms with Crippen LogP contribution in [0.1, 0.15) is 0 Å². The summed E-state index contributed by atoms with van der Waals surface area (Å²) in [7, 11) is 3.26. The van der Waals surface area contributed by atoms with Crippen LogP contribution in [0, 0.1) is 5.82 Å². The van der Waals surface area contributed by atoms with Gasteiger partial charge in [-0.3, -0.25) is 0 Å². The summed E-state index contributed by atoms with van der Waals surface area (Å²) in [6, 6.07) is 20.2. The molecule has 0 saturated carbocycles. The van der Waals surface area contributed by atoms with Gasteiger partial charge in [0.05, 0.1) is 30.6 Å². The molecule has 0 aliphatic carbocycles. The van der Waals surface area contributed by atoms with Crippen molar-refractivity contribution in [3.05, 3.63) is 78.7 Å². The largest absolute Gasteiger partial charge is 0.497 e. The van der Waals surface area contributed by atoms with Crippen LogP contribution in [0.25, 0.3) is 44.2 Å². The molecule has 31 heavy (non-hydrogen) atoms. The molecule has 5 aromatic rings. The number of methoxy groups -OCH3 is 2. The molecule has 5 rings (SSSR count).